The van der Waals surface area contributed by atoms with E-state index in [9.17, 15) is 9.59 Å². The van der Waals surface area contributed by atoms with Crippen molar-refractivity contribution in [2.45, 2.75) is 6.54 Å². The van der Waals surface area contributed by atoms with Gasteiger partial charge in [0.15, 0.2) is 0 Å². The van der Waals surface area contributed by atoms with E-state index in [-0.39, 0.29) is 11.8 Å². The molecule has 0 spiro atoms. The fourth-order valence-corrected chi connectivity index (χ4v) is 2.82. The van der Waals surface area contributed by atoms with E-state index in [1.807, 2.05) is 72.8 Å². The second-order valence-corrected chi connectivity index (χ2v) is 6.28. The van der Waals surface area contributed by atoms with Gasteiger partial charge in [0.25, 0.3) is 11.8 Å². The van der Waals surface area contributed by atoms with Crippen molar-refractivity contribution < 1.29 is 9.59 Å². The Kier molecular flexibility index (Phi) is 6.37. The summed E-state index contributed by atoms with van der Waals surface area (Å²) in [5.74, 6) is -0.241. The predicted molar refractivity (Wildman–Crippen MR) is 113 cm³/mol. The highest BCUT2D eigenvalue weighted by Gasteiger charge is 2.13. The molecule has 0 atom stereocenters. The highest BCUT2D eigenvalue weighted by Crippen LogP contribution is 2.18. The zero-order valence-electron chi connectivity index (χ0n) is 15.7. The minimum absolute atomic E-state index is 0.106. The van der Waals surface area contributed by atoms with Crippen LogP contribution in [0.4, 0.5) is 5.69 Å². The molecule has 4 heteroatoms. The van der Waals surface area contributed by atoms with E-state index in [1.54, 1.807) is 36.2 Å². The van der Waals surface area contributed by atoms with Gasteiger partial charge in [-0.2, -0.15) is 0 Å². The third-order valence-electron chi connectivity index (χ3n) is 4.34. The lowest BCUT2D eigenvalue weighted by atomic mass is 10.1. The van der Waals surface area contributed by atoms with Crippen LogP contribution in [0.15, 0.2) is 91.0 Å². The van der Waals surface area contributed by atoms with Crippen molar-refractivity contribution in [3.63, 3.8) is 0 Å². The van der Waals surface area contributed by atoms with Crippen LogP contribution in [0, 0.1) is 0 Å². The summed E-state index contributed by atoms with van der Waals surface area (Å²) < 4.78 is 0. The Morgan fingerprint density at radius 1 is 0.857 bits per heavy atom. The van der Waals surface area contributed by atoms with Crippen molar-refractivity contribution in [1.82, 2.24) is 5.32 Å². The van der Waals surface area contributed by atoms with E-state index in [0.717, 1.165) is 16.8 Å². The SMILES string of the molecule is CNC(=O)c1ccc(/C=C/C(=O)N(Cc2ccccc2)c2ccccc2)cc1. The highest BCUT2D eigenvalue weighted by molar-refractivity contribution is 6.03. The Morgan fingerprint density at radius 2 is 1.46 bits per heavy atom. The van der Waals surface area contributed by atoms with Gasteiger partial charge in [-0.3, -0.25) is 9.59 Å². The van der Waals surface area contributed by atoms with Crippen LogP contribution in [0.1, 0.15) is 21.5 Å². The molecule has 3 aromatic rings. The molecular formula is C24H22N2O2. The van der Waals surface area contributed by atoms with Gasteiger partial charge in [-0.1, -0.05) is 60.7 Å². The fourth-order valence-electron chi connectivity index (χ4n) is 2.82. The maximum Gasteiger partial charge on any atom is 0.251 e. The van der Waals surface area contributed by atoms with Gasteiger partial charge in [-0.05, 0) is 41.5 Å². The normalized spacial score (nSPS) is 10.6. The third-order valence-corrected chi connectivity index (χ3v) is 4.34. The van der Waals surface area contributed by atoms with Gasteiger partial charge >= 0.3 is 0 Å². The first-order valence-electron chi connectivity index (χ1n) is 9.08. The zero-order chi connectivity index (χ0) is 19.8. The van der Waals surface area contributed by atoms with Crippen molar-refractivity contribution in [3.8, 4) is 0 Å². The minimum atomic E-state index is -0.135. The molecule has 4 nitrogen and oxygen atoms in total. The Morgan fingerprint density at radius 3 is 2.07 bits per heavy atom. The Labute approximate surface area is 165 Å². The van der Waals surface area contributed by atoms with Crippen LogP contribution in [0.25, 0.3) is 6.08 Å². The van der Waals surface area contributed by atoms with Crippen LogP contribution in [0.2, 0.25) is 0 Å². The second-order valence-electron chi connectivity index (χ2n) is 6.28. The number of benzene rings is 3. The monoisotopic (exact) mass is 370 g/mol. The van der Waals surface area contributed by atoms with E-state index < -0.39 is 0 Å². The summed E-state index contributed by atoms with van der Waals surface area (Å²) in [5, 5.41) is 2.59. The first-order chi connectivity index (χ1) is 13.7. The first kappa shape index (κ1) is 19.1. The summed E-state index contributed by atoms with van der Waals surface area (Å²) in [5.41, 5.74) is 3.34. The van der Waals surface area contributed by atoms with Crippen molar-refractivity contribution in [1.29, 1.82) is 0 Å². The van der Waals surface area contributed by atoms with Crippen LogP contribution in [0.3, 0.4) is 0 Å². The molecule has 0 unspecified atom stereocenters. The van der Waals surface area contributed by atoms with E-state index in [1.165, 1.54) is 0 Å². The molecule has 0 bridgehead atoms. The van der Waals surface area contributed by atoms with E-state index in [4.69, 9.17) is 0 Å². The number of rotatable bonds is 6. The maximum absolute atomic E-state index is 12.9. The van der Waals surface area contributed by atoms with Crippen LogP contribution >= 0.6 is 0 Å². The smallest absolute Gasteiger partial charge is 0.251 e. The summed E-state index contributed by atoms with van der Waals surface area (Å²) in [6.07, 6.45) is 3.32. The van der Waals surface area contributed by atoms with Gasteiger partial charge in [-0.15, -0.1) is 0 Å². The quantitative estimate of drug-likeness (QED) is 0.658. The molecule has 140 valence electrons. The number of carbonyl (C=O) groups excluding carboxylic acids is 2. The molecule has 1 N–H and O–H groups in total. The molecule has 0 aliphatic rings. The Balaban J connectivity index is 1.79. The number of para-hydroxylation sites is 1. The summed E-state index contributed by atoms with van der Waals surface area (Å²) in [4.78, 5) is 26.3. The Bertz CT molecular complexity index is 949. The third kappa shape index (κ3) is 4.95. The van der Waals surface area contributed by atoms with Crippen LogP contribution in [-0.2, 0) is 11.3 Å². The maximum atomic E-state index is 12.9. The number of anilines is 1. The number of carbonyl (C=O) groups is 2. The van der Waals surface area contributed by atoms with Gasteiger partial charge < -0.3 is 10.2 Å². The number of nitrogens with zero attached hydrogens (tertiary/aromatic N) is 1. The van der Waals surface area contributed by atoms with E-state index >= 15 is 0 Å². The summed E-state index contributed by atoms with van der Waals surface area (Å²) in [6, 6.07) is 26.6. The van der Waals surface area contributed by atoms with Crippen LogP contribution in [-0.4, -0.2) is 18.9 Å². The highest BCUT2D eigenvalue weighted by atomic mass is 16.2. The van der Waals surface area contributed by atoms with Gasteiger partial charge in [-0.25, -0.2) is 0 Å². The predicted octanol–water partition coefficient (Wildman–Crippen LogP) is 4.29. The van der Waals surface area contributed by atoms with Gasteiger partial charge in [0.2, 0.25) is 0 Å². The van der Waals surface area contributed by atoms with Crippen molar-refractivity contribution in [2.75, 3.05) is 11.9 Å². The van der Waals surface area contributed by atoms with Crippen molar-refractivity contribution in [2.24, 2.45) is 0 Å². The van der Waals surface area contributed by atoms with Crippen molar-refractivity contribution in [3.05, 3.63) is 108 Å². The molecule has 0 heterocycles. The topological polar surface area (TPSA) is 49.4 Å². The average Bonchev–Trinajstić information content (AvgIpc) is 2.77. The number of amides is 2. The number of hydrogen-bond donors (Lipinski definition) is 1. The lowest BCUT2D eigenvalue weighted by Gasteiger charge is -2.21. The minimum Gasteiger partial charge on any atom is -0.355 e. The van der Waals surface area contributed by atoms with Crippen molar-refractivity contribution >= 4 is 23.6 Å². The first-order valence-corrected chi connectivity index (χ1v) is 9.08. The molecule has 0 aromatic heterocycles. The van der Waals surface area contributed by atoms with Crippen LogP contribution < -0.4 is 10.2 Å². The molecule has 0 fully saturated rings. The van der Waals surface area contributed by atoms with Crippen LogP contribution in [0.5, 0.6) is 0 Å². The number of nitrogens with one attached hydrogen (secondary N) is 1. The molecule has 0 aliphatic carbocycles. The standard InChI is InChI=1S/C24H22N2O2/c1-25-24(28)21-15-12-19(13-16-21)14-17-23(27)26(22-10-6-3-7-11-22)18-20-8-4-2-5-9-20/h2-17H,18H2,1H3,(H,25,28)/b17-14+. The molecule has 3 rings (SSSR count). The lowest BCUT2D eigenvalue weighted by molar-refractivity contribution is -0.114. The summed E-state index contributed by atoms with van der Waals surface area (Å²) >= 11 is 0. The Hall–Kier alpha value is -3.66. The fraction of sp³-hybridized carbons (Fsp3) is 0.0833. The number of hydrogen-bond acceptors (Lipinski definition) is 2. The largest absolute Gasteiger partial charge is 0.355 e. The molecule has 3 aromatic carbocycles. The summed E-state index contributed by atoms with van der Waals surface area (Å²) in [6.45, 7) is 0.490. The van der Waals surface area contributed by atoms with Gasteiger partial charge in [0, 0.05) is 24.4 Å². The van der Waals surface area contributed by atoms with Gasteiger partial charge in [0.1, 0.15) is 0 Å². The van der Waals surface area contributed by atoms with Gasteiger partial charge in [0.05, 0.1) is 6.54 Å². The molecular weight excluding hydrogens is 348 g/mol. The molecule has 0 saturated heterocycles. The second kappa shape index (κ2) is 9.33. The molecule has 28 heavy (non-hydrogen) atoms. The molecule has 2 amide bonds. The molecule has 0 aliphatic heterocycles. The average molecular weight is 370 g/mol. The van der Waals surface area contributed by atoms with E-state index in [0.29, 0.717) is 12.1 Å². The zero-order valence-corrected chi connectivity index (χ0v) is 15.7. The molecule has 0 radical (unpaired) electrons. The van der Waals surface area contributed by atoms with E-state index in [2.05, 4.69) is 5.32 Å². The lowest BCUT2D eigenvalue weighted by Crippen LogP contribution is -2.28. The summed E-state index contributed by atoms with van der Waals surface area (Å²) in [7, 11) is 1.60. The molecule has 0 saturated carbocycles.